The number of rotatable bonds is 8. The molecule has 0 amide bonds. The number of aryl methyl sites for hydroxylation is 2. The van der Waals surface area contributed by atoms with Gasteiger partial charge in [-0.25, -0.2) is 14.4 Å². The Morgan fingerprint density at radius 3 is 2.80 bits per heavy atom. The van der Waals surface area contributed by atoms with Crippen molar-refractivity contribution >= 4 is 44.7 Å². The van der Waals surface area contributed by atoms with E-state index in [0.717, 1.165) is 53.2 Å². The maximum absolute atomic E-state index is 13.5. The number of nitrogens with one attached hydrogen (secondary N) is 1. The van der Waals surface area contributed by atoms with Gasteiger partial charge in [-0.15, -0.1) is 11.3 Å². The third kappa shape index (κ3) is 5.05. The highest BCUT2D eigenvalue weighted by Crippen LogP contribution is 2.45. The Morgan fingerprint density at radius 1 is 1.05 bits per heavy atom. The Morgan fingerprint density at radius 2 is 1.95 bits per heavy atom. The summed E-state index contributed by atoms with van der Waals surface area (Å²) in [7, 11) is 0. The minimum absolute atomic E-state index is 0.231. The molecule has 1 saturated heterocycles. The van der Waals surface area contributed by atoms with Crippen LogP contribution >= 0.6 is 22.9 Å². The molecule has 7 rings (SSSR count). The highest BCUT2D eigenvalue weighted by molar-refractivity contribution is 7.22. The second kappa shape index (κ2) is 10.8. The number of ether oxygens (including phenoxy) is 1. The van der Waals surface area contributed by atoms with Gasteiger partial charge >= 0.3 is 0 Å². The average molecular weight is 575 g/mol. The summed E-state index contributed by atoms with van der Waals surface area (Å²) in [5.41, 5.74) is 5.21. The van der Waals surface area contributed by atoms with Crippen LogP contribution in [-0.4, -0.2) is 44.3 Å². The number of fused-ring (bicyclic) bond motifs is 5. The largest absolute Gasteiger partial charge is 0.487 e. The van der Waals surface area contributed by atoms with Gasteiger partial charge in [-0.1, -0.05) is 23.7 Å². The number of anilines is 2. The van der Waals surface area contributed by atoms with Crippen molar-refractivity contribution < 1.29 is 9.13 Å². The van der Waals surface area contributed by atoms with Gasteiger partial charge < -0.3 is 15.0 Å². The molecule has 0 bridgehead atoms. The summed E-state index contributed by atoms with van der Waals surface area (Å²) in [6.45, 7) is 4.60. The topological polar surface area (TPSA) is 68.1 Å². The highest BCUT2D eigenvalue weighted by atomic mass is 35.5. The first-order valence-electron chi connectivity index (χ1n) is 13.6. The lowest BCUT2D eigenvalue weighted by Crippen LogP contribution is -2.24. The average Bonchev–Trinajstić information content (AvgIpc) is 3.70. The Balaban J connectivity index is 1.11. The number of benzene rings is 2. The fraction of sp³-hybridized carbons (Fsp3) is 0.300. The molecule has 3 aromatic heterocycles. The lowest BCUT2D eigenvalue weighted by molar-refractivity contribution is 0.306. The molecule has 7 nitrogen and oxygen atoms in total. The molecule has 2 aliphatic rings. The molecule has 1 N–H and O–H groups in total. The fourth-order valence-corrected chi connectivity index (χ4v) is 7.06. The Bertz CT molecular complexity index is 1700. The second-order valence-corrected chi connectivity index (χ2v) is 11.7. The standard InChI is InChI=1S/C30H28ClFN6OS/c31-24-15-21(6-9-26(24)39-17-19-4-3-5-20(32)14-19)35-29-27-22-7-8-25-23(28(22)40-30(27)34-18-33-29)16-38(36-25)13-12-37-10-1-2-11-37/h3-6,9,14-16,18H,1-2,7-8,10-13,17H2,(H,33,34,35). The quantitative estimate of drug-likeness (QED) is 0.218. The van der Waals surface area contributed by atoms with Crippen LogP contribution in [0, 0.1) is 5.82 Å². The van der Waals surface area contributed by atoms with Gasteiger partial charge in [0.25, 0.3) is 0 Å². The van der Waals surface area contributed by atoms with E-state index in [9.17, 15) is 4.39 Å². The number of likely N-dealkylation sites (tertiary alicyclic amines) is 1. The van der Waals surface area contributed by atoms with Crippen LogP contribution in [0.2, 0.25) is 5.02 Å². The molecule has 1 aliphatic heterocycles. The van der Waals surface area contributed by atoms with Crippen molar-refractivity contribution in [3.05, 3.63) is 82.6 Å². The molecule has 0 atom stereocenters. The lowest BCUT2D eigenvalue weighted by atomic mass is 9.95. The normalized spacial score (nSPS) is 14.8. The van der Waals surface area contributed by atoms with Crippen molar-refractivity contribution in [2.24, 2.45) is 0 Å². The van der Waals surface area contributed by atoms with Crippen LogP contribution in [0.5, 0.6) is 5.75 Å². The molecule has 1 aliphatic carbocycles. The summed E-state index contributed by atoms with van der Waals surface area (Å²) in [5.74, 6) is 1.00. The van der Waals surface area contributed by atoms with Gasteiger partial charge in [0.1, 0.15) is 35.1 Å². The SMILES string of the molecule is Fc1cccc(COc2ccc(Nc3ncnc4sc5c(c34)CCc3nn(CCN4CCCC4)cc3-5)cc2Cl)c1. The summed E-state index contributed by atoms with van der Waals surface area (Å²) in [5, 5.41) is 9.90. The summed E-state index contributed by atoms with van der Waals surface area (Å²) in [6, 6.07) is 11.9. The monoisotopic (exact) mass is 574 g/mol. The Kier molecular flexibility index (Phi) is 6.87. The zero-order valence-electron chi connectivity index (χ0n) is 21.9. The van der Waals surface area contributed by atoms with E-state index in [1.54, 1.807) is 23.7 Å². The van der Waals surface area contributed by atoms with Crippen molar-refractivity contribution in [3.63, 3.8) is 0 Å². The molecular formula is C30H28ClFN6OS. The molecular weight excluding hydrogens is 547 g/mol. The third-order valence-electron chi connectivity index (χ3n) is 7.60. The van der Waals surface area contributed by atoms with Gasteiger partial charge in [0.2, 0.25) is 0 Å². The first-order valence-corrected chi connectivity index (χ1v) is 14.8. The molecule has 2 aromatic carbocycles. The van der Waals surface area contributed by atoms with Crippen LogP contribution in [-0.2, 0) is 26.0 Å². The lowest BCUT2D eigenvalue weighted by Gasteiger charge is -2.13. The van der Waals surface area contributed by atoms with Crippen LogP contribution < -0.4 is 10.1 Å². The van der Waals surface area contributed by atoms with Gasteiger partial charge in [-0.05, 0) is 80.2 Å². The maximum Gasteiger partial charge on any atom is 0.142 e. The highest BCUT2D eigenvalue weighted by Gasteiger charge is 2.26. The molecule has 10 heteroatoms. The molecule has 5 aromatic rings. The number of aromatic nitrogens is 4. The molecule has 0 spiro atoms. The summed E-state index contributed by atoms with van der Waals surface area (Å²) in [6.07, 6.45) is 8.23. The summed E-state index contributed by atoms with van der Waals surface area (Å²) in [4.78, 5) is 13.9. The van der Waals surface area contributed by atoms with Crippen molar-refractivity contribution in [1.29, 1.82) is 0 Å². The molecule has 1 fully saturated rings. The van der Waals surface area contributed by atoms with Gasteiger partial charge in [0.15, 0.2) is 0 Å². The van der Waals surface area contributed by atoms with E-state index in [1.807, 2.05) is 24.3 Å². The molecule has 0 unspecified atom stereocenters. The van der Waals surface area contributed by atoms with Gasteiger partial charge in [-0.3, -0.25) is 4.68 Å². The van der Waals surface area contributed by atoms with Crippen molar-refractivity contribution in [2.45, 2.75) is 38.8 Å². The molecule has 4 heterocycles. The molecule has 40 heavy (non-hydrogen) atoms. The number of nitrogens with zero attached hydrogens (tertiary/aromatic N) is 5. The van der Waals surface area contributed by atoms with Crippen LogP contribution in [0.4, 0.5) is 15.9 Å². The smallest absolute Gasteiger partial charge is 0.142 e. The van der Waals surface area contributed by atoms with E-state index in [1.165, 1.54) is 59.8 Å². The molecule has 204 valence electrons. The number of hydrogen-bond donors (Lipinski definition) is 1. The van der Waals surface area contributed by atoms with Gasteiger partial charge in [-0.2, -0.15) is 5.10 Å². The minimum atomic E-state index is -0.291. The fourth-order valence-electron chi connectivity index (χ4n) is 5.61. The number of halogens is 2. The second-order valence-electron chi connectivity index (χ2n) is 10.3. The van der Waals surface area contributed by atoms with E-state index >= 15 is 0 Å². The minimum Gasteiger partial charge on any atom is -0.487 e. The summed E-state index contributed by atoms with van der Waals surface area (Å²) >= 11 is 8.26. The maximum atomic E-state index is 13.5. The first-order chi connectivity index (χ1) is 19.6. The van der Waals surface area contributed by atoms with Crippen LogP contribution in [0.25, 0.3) is 20.7 Å². The molecule has 0 radical (unpaired) electrons. The van der Waals surface area contributed by atoms with E-state index in [0.29, 0.717) is 10.8 Å². The molecule has 0 saturated carbocycles. The van der Waals surface area contributed by atoms with Crippen molar-refractivity contribution in [1.82, 2.24) is 24.6 Å². The van der Waals surface area contributed by atoms with Crippen molar-refractivity contribution in [2.75, 3.05) is 25.0 Å². The number of hydrogen-bond acceptors (Lipinski definition) is 7. The summed E-state index contributed by atoms with van der Waals surface area (Å²) < 4.78 is 21.4. The van der Waals surface area contributed by atoms with Crippen LogP contribution in [0.15, 0.2) is 55.0 Å². The van der Waals surface area contributed by atoms with E-state index in [4.69, 9.17) is 21.4 Å². The van der Waals surface area contributed by atoms with E-state index < -0.39 is 0 Å². The van der Waals surface area contributed by atoms with Crippen LogP contribution in [0.3, 0.4) is 0 Å². The Labute approximate surface area is 240 Å². The Hall–Kier alpha value is -3.53. The van der Waals surface area contributed by atoms with Gasteiger partial charge in [0, 0.05) is 28.9 Å². The predicted molar refractivity (Wildman–Crippen MR) is 157 cm³/mol. The van der Waals surface area contributed by atoms with Crippen molar-refractivity contribution in [3.8, 4) is 16.2 Å². The predicted octanol–water partition coefficient (Wildman–Crippen LogP) is 6.86. The van der Waals surface area contributed by atoms with E-state index in [-0.39, 0.29) is 12.4 Å². The third-order valence-corrected chi connectivity index (χ3v) is 9.07. The number of thiophene rings is 1. The van der Waals surface area contributed by atoms with Crippen LogP contribution in [0.1, 0.15) is 29.7 Å². The van der Waals surface area contributed by atoms with Gasteiger partial charge in [0.05, 0.1) is 22.6 Å². The zero-order chi connectivity index (χ0) is 27.1. The first kappa shape index (κ1) is 25.4. The zero-order valence-corrected chi connectivity index (χ0v) is 23.4. The van der Waals surface area contributed by atoms with E-state index in [2.05, 4.69) is 31.1 Å².